The van der Waals surface area contributed by atoms with Crippen molar-refractivity contribution in [3.8, 4) is 0 Å². The maximum atomic E-state index is 4.38. The molecule has 0 unspecified atom stereocenters. The van der Waals surface area contributed by atoms with Crippen molar-refractivity contribution in [3.05, 3.63) is 18.0 Å². The van der Waals surface area contributed by atoms with Crippen molar-refractivity contribution < 1.29 is 0 Å². The first-order chi connectivity index (χ1) is 6.27. The van der Waals surface area contributed by atoms with Crippen molar-refractivity contribution in [2.45, 2.75) is 45.6 Å². The van der Waals surface area contributed by atoms with Crippen LogP contribution >= 0.6 is 0 Å². The van der Waals surface area contributed by atoms with E-state index in [-0.39, 0.29) is 0 Å². The largest absolute Gasteiger partial charge is 0.269 e. The van der Waals surface area contributed by atoms with Gasteiger partial charge in [-0.05, 0) is 30.7 Å². The first-order valence-electron chi connectivity index (χ1n) is 5.29. The third-order valence-corrected chi connectivity index (χ3v) is 3.00. The number of nitrogens with zero attached hydrogens (tertiary/aromatic N) is 2. The van der Waals surface area contributed by atoms with E-state index in [1.54, 1.807) is 0 Å². The molecule has 1 aromatic heterocycles. The molecule has 0 N–H and O–H groups in total. The Balaban J connectivity index is 2.05. The van der Waals surface area contributed by atoms with Crippen LogP contribution in [0.5, 0.6) is 0 Å². The molecule has 1 aliphatic rings. The quantitative estimate of drug-likeness (QED) is 0.696. The van der Waals surface area contributed by atoms with Crippen LogP contribution in [-0.2, 0) is 6.54 Å². The molecule has 0 aromatic carbocycles. The molecule has 1 aliphatic carbocycles. The molecule has 0 saturated heterocycles. The zero-order chi connectivity index (χ0) is 9.26. The SMILES string of the molecule is CC(C)c1ccnn1CC1CCC1. The minimum atomic E-state index is 0.600. The van der Waals surface area contributed by atoms with E-state index in [4.69, 9.17) is 0 Å². The van der Waals surface area contributed by atoms with Crippen LogP contribution in [0.1, 0.15) is 44.7 Å². The van der Waals surface area contributed by atoms with E-state index in [2.05, 4.69) is 29.7 Å². The fourth-order valence-corrected chi connectivity index (χ4v) is 1.91. The first kappa shape index (κ1) is 8.79. The molecule has 0 radical (unpaired) electrons. The molecule has 13 heavy (non-hydrogen) atoms. The lowest BCUT2D eigenvalue weighted by atomic mass is 9.85. The summed E-state index contributed by atoms with van der Waals surface area (Å²) in [6, 6.07) is 2.14. The van der Waals surface area contributed by atoms with Crippen LogP contribution in [0.15, 0.2) is 12.3 Å². The molecule has 72 valence electrons. The average molecular weight is 178 g/mol. The summed E-state index contributed by atoms with van der Waals surface area (Å²) in [5.41, 5.74) is 1.38. The van der Waals surface area contributed by atoms with E-state index in [9.17, 15) is 0 Å². The van der Waals surface area contributed by atoms with Gasteiger partial charge in [-0.2, -0.15) is 5.10 Å². The van der Waals surface area contributed by atoms with Crippen LogP contribution in [0.3, 0.4) is 0 Å². The van der Waals surface area contributed by atoms with Gasteiger partial charge in [-0.25, -0.2) is 0 Å². The van der Waals surface area contributed by atoms with Crippen molar-refractivity contribution in [3.63, 3.8) is 0 Å². The second-order valence-corrected chi connectivity index (χ2v) is 4.39. The maximum Gasteiger partial charge on any atom is 0.0492 e. The summed E-state index contributed by atoms with van der Waals surface area (Å²) >= 11 is 0. The molecule has 0 bridgehead atoms. The lowest BCUT2D eigenvalue weighted by Crippen LogP contribution is -2.20. The summed E-state index contributed by atoms with van der Waals surface area (Å²) in [6.07, 6.45) is 6.14. The number of aromatic nitrogens is 2. The summed E-state index contributed by atoms with van der Waals surface area (Å²) < 4.78 is 2.19. The van der Waals surface area contributed by atoms with Crippen LogP contribution < -0.4 is 0 Å². The lowest BCUT2D eigenvalue weighted by molar-refractivity contribution is 0.262. The van der Waals surface area contributed by atoms with Crippen molar-refractivity contribution in [2.24, 2.45) is 5.92 Å². The van der Waals surface area contributed by atoms with E-state index in [0.29, 0.717) is 5.92 Å². The minimum absolute atomic E-state index is 0.600. The van der Waals surface area contributed by atoms with Crippen molar-refractivity contribution in [1.29, 1.82) is 0 Å². The Kier molecular flexibility index (Phi) is 2.38. The number of rotatable bonds is 3. The van der Waals surface area contributed by atoms with Gasteiger partial charge in [0.2, 0.25) is 0 Å². The Labute approximate surface area is 80.0 Å². The van der Waals surface area contributed by atoms with Gasteiger partial charge >= 0.3 is 0 Å². The highest BCUT2D eigenvalue weighted by molar-refractivity contribution is 5.05. The molecule has 0 aliphatic heterocycles. The third-order valence-electron chi connectivity index (χ3n) is 3.00. The van der Waals surface area contributed by atoms with E-state index < -0.39 is 0 Å². The van der Waals surface area contributed by atoms with Gasteiger partial charge in [-0.3, -0.25) is 4.68 Å². The zero-order valence-corrected chi connectivity index (χ0v) is 8.53. The first-order valence-corrected chi connectivity index (χ1v) is 5.29. The van der Waals surface area contributed by atoms with Crippen LogP contribution in [0.4, 0.5) is 0 Å². The van der Waals surface area contributed by atoms with Crippen molar-refractivity contribution >= 4 is 0 Å². The Morgan fingerprint density at radius 3 is 2.85 bits per heavy atom. The fraction of sp³-hybridized carbons (Fsp3) is 0.727. The monoisotopic (exact) mass is 178 g/mol. The molecular formula is C11H18N2. The van der Waals surface area contributed by atoms with Crippen LogP contribution in [0.2, 0.25) is 0 Å². The smallest absolute Gasteiger partial charge is 0.0492 e. The molecule has 2 nitrogen and oxygen atoms in total. The van der Waals surface area contributed by atoms with Crippen LogP contribution in [0, 0.1) is 5.92 Å². The molecule has 2 heteroatoms. The van der Waals surface area contributed by atoms with Gasteiger partial charge in [0, 0.05) is 18.4 Å². The molecule has 1 aromatic rings. The highest BCUT2D eigenvalue weighted by Crippen LogP contribution is 2.28. The average Bonchev–Trinajstić information content (AvgIpc) is 2.44. The molecular weight excluding hydrogens is 160 g/mol. The van der Waals surface area contributed by atoms with Crippen molar-refractivity contribution in [1.82, 2.24) is 9.78 Å². The second-order valence-electron chi connectivity index (χ2n) is 4.39. The summed E-state index contributed by atoms with van der Waals surface area (Å²) in [6.45, 7) is 5.60. The standard InChI is InChI=1S/C11H18N2/c1-9(2)11-6-7-12-13(11)8-10-4-3-5-10/h6-7,9-10H,3-5,8H2,1-2H3. The van der Waals surface area contributed by atoms with Crippen molar-refractivity contribution in [2.75, 3.05) is 0 Å². The van der Waals surface area contributed by atoms with E-state index in [1.165, 1.54) is 25.0 Å². The summed E-state index contributed by atoms with van der Waals surface area (Å²) in [5.74, 6) is 1.50. The molecule has 1 fully saturated rings. The molecule has 2 rings (SSSR count). The minimum Gasteiger partial charge on any atom is -0.269 e. The summed E-state index contributed by atoms with van der Waals surface area (Å²) in [7, 11) is 0. The summed E-state index contributed by atoms with van der Waals surface area (Å²) in [4.78, 5) is 0. The Morgan fingerprint density at radius 2 is 2.31 bits per heavy atom. The van der Waals surface area contributed by atoms with Gasteiger partial charge in [0.25, 0.3) is 0 Å². The van der Waals surface area contributed by atoms with E-state index >= 15 is 0 Å². The number of hydrogen-bond acceptors (Lipinski definition) is 1. The topological polar surface area (TPSA) is 17.8 Å². The van der Waals surface area contributed by atoms with Crippen LogP contribution in [0.25, 0.3) is 0 Å². The molecule has 1 saturated carbocycles. The second kappa shape index (κ2) is 3.52. The highest BCUT2D eigenvalue weighted by atomic mass is 15.3. The zero-order valence-electron chi connectivity index (χ0n) is 8.53. The molecule has 0 spiro atoms. The normalized spacial score (nSPS) is 17.8. The molecule has 1 heterocycles. The molecule has 0 amide bonds. The Hall–Kier alpha value is -0.790. The van der Waals surface area contributed by atoms with Gasteiger partial charge in [-0.15, -0.1) is 0 Å². The van der Waals surface area contributed by atoms with E-state index in [1.807, 2.05) is 6.20 Å². The van der Waals surface area contributed by atoms with Gasteiger partial charge in [0.15, 0.2) is 0 Å². The number of hydrogen-bond donors (Lipinski definition) is 0. The van der Waals surface area contributed by atoms with Gasteiger partial charge in [0.05, 0.1) is 0 Å². The van der Waals surface area contributed by atoms with Gasteiger partial charge in [-0.1, -0.05) is 20.3 Å². The Morgan fingerprint density at radius 1 is 1.54 bits per heavy atom. The Bertz CT molecular complexity index is 271. The highest BCUT2D eigenvalue weighted by Gasteiger charge is 2.19. The third kappa shape index (κ3) is 1.77. The molecule has 0 atom stereocenters. The van der Waals surface area contributed by atoms with Gasteiger partial charge in [0.1, 0.15) is 0 Å². The predicted octanol–water partition coefficient (Wildman–Crippen LogP) is 2.81. The lowest BCUT2D eigenvalue weighted by Gasteiger charge is -2.26. The fourth-order valence-electron chi connectivity index (χ4n) is 1.91. The summed E-state index contributed by atoms with van der Waals surface area (Å²) in [5, 5.41) is 4.38. The van der Waals surface area contributed by atoms with Gasteiger partial charge < -0.3 is 0 Å². The van der Waals surface area contributed by atoms with E-state index in [0.717, 1.165) is 12.5 Å². The predicted molar refractivity (Wildman–Crippen MR) is 53.7 cm³/mol. The van der Waals surface area contributed by atoms with Crippen LogP contribution in [-0.4, -0.2) is 9.78 Å². The maximum absolute atomic E-state index is 4.38.